The lowest BCUT2D eigenvalue weighted by molar-refractivity contribution is 0.0949. The second kappa shape index (κ2) is 6.35. The third kappa shape index (κ3) is 2.50. The van der Waals surface area contributed by atoms with Gasteiger partial charge in [0.15, 0.2) is 5.69 Å². The summed E-state index contributed by atoms with van der Waals surface area (Å²) in [6.07, 6.45) is 7.69. The maximum absolute atomic E-state index is 13.0. The van der Waals surface area contributed by atoms with Gasteiger partial charge in [-0.25, -0.2) is 4.98 Å². The van der Waals surface area contributed by atoms with Gasteiger partial charge in [-0.3, -0.25) is 13.9 Å². The molecule has 0 atom stereocenters. The number of imidazole rings is 1. The molecule has 148 valence electrons. The molecule has 1 aliphatic carbocycles. The highest BCUT2D eigenvalue weighted by atomic mass is 16.1. The van der Waals surface area contributed by atoms with Crippen molar-refractivity contribution in [3.8, 4) is 11.4 Å². The Morgan fingerprint density at radius 2 is 2.10 bits per heavy atom. The minimum atomic E-state index is -0.207. The van der Waals surface area contributed by atoms with E-state index in [1.807, 2.05) is 46.5 Å². The maximum Gasteiger partial charge on any atom is 0.272 e. The molecular formula is C22H19N7O. The molecule has 2 aliphatic rings. The second-order valence-electron chi connectivity index (χ2n) is 7.65. The maximum atomic E-state index is 13.0. The second-order valence-corrected chi connectivity index (χ2v) is 7.65. The molecule has 0 unspecified atom stereocenters. The van der Waals surface area contributed by atoms with Crippen LogP contribution in [-0.4, -0.2) is 41.8 Å². The van der Waals surface area contributed by atoms with Crippen molar-refractivity contribution in [3.63, 3.8) is 0 Å². The number of nitrogens with one attached hydrogen (secondary N) is 1. The van der Waals surface area contributed by atoms with E-state index in [4.69, 9.17) is 0 Å². The van der Waals surface area contributed by atoms with E-state index >= 15 is 0 Å². The summed E-state index contributed by atoms with van der Waals surface area (Å²) in [5, 5.41) is 16.6. The number of allylic oxidation sites excluding steroid dienone is 1. The van der Waals surface area contributed by atoms with Gasteiger partial charge in [0.25, 0.3) is 5.91 Å². The van der Waals surface area contributed by atoms with Crippen molar-refractivity contribution < 1.29 is 4.79 Å². The molecule has 4 aromatic rings. The fourth-order valence-electron chi connectivity index (χ4n) is 4.30. The van der Waals surface area contributed by atoms with E-state index in [0.29, 0.717) is 29.3 Å². The van der Waals surface area contributed by atoms with E-state index in [0.717, 1.165) is 47.5 Å². The van der Waals surface area contributed by atoms with Gasteiger partial charge in [-0.15, -0.1) is 5.10 Å². The molecule has 8 heteroatoms. The number of aryl methyl sites for hydroxylation is 2. The first-order valence-corrected chi connectivity index (χ1v) is 10.1. The monoisotopic (exact) mass is 397 g/mol. The number of carbonyl (C=O) groups excluding carboxylic acids is 1. The Kier molecular flexibility index (Phi) is 3.61. The van der Waals surface area contributed by atoms with Gasteiger partial charge in [0.1, 0.15) is 17.0 Å². The normalized spacial score (nSPS) is 15.5. The molecule has 8 nitrogen and oxygen atoms in total. The molecule has 0 aromatic carbocycles. The first kappa shape index (κ1) is 17.1. The number of amides is 1. The van der Waals surface area contributed by atoms with Crippen molar-refractivity contribution >= 4 is 17.1 Å². The van der Waals surface area contributed by atoms with Crippen molar-refractivity contribution in [2.45, 2.75) is 26.3 Å². The van der Waals surface area contributed by atoms with Crippen molar-refractivity contribution in [2.24, 2.45) is 0 Å². The van der Waals surface area contributed by atoms with Crippen LogP contribution in [0, 0.1) is 6.92 Å². The van der Waals surface area contributed by atoms with E-state index in [1.54, 1.807) is 0 Å². The van der Waals surface area contributed by atoms with E-state index in [2.05, 4.69) is 37.9 Å². The zero-order chi connectivity index (χ0) is 20.2. The Bertz CT molecular complexity index is 1360. The summed E-state index contributed by atoms with van der Waals surface area (Å²) < 4.78 is 3.85. The first-order chi connectivity index (χ1) is 14.7. The molecule has 1 amide bonds. The molecule has 0 radical (unpaired) electrons. The third-order valence-electron chi connectivity index (χ3n) is 5.73. The molecule has 4 bridgehead atoms. The van der Waals surface area contributed by atoms with Gasteiger partial charge in [-0.2, -0.15) is 10.2 Å². The lowest BCUT2D eigenvalue weighted by Crippen LogP contribution is -2.26. The highest BCUT2D eigenvalue weighted by Gasteiger charge is 2.26. The summed E-state index contributed by atoms with van der Waals surface area (Å²) >= 11 is 0. The van der Waals surface area contributed by atoms with Crippen LogP contribution in [0.15, 0.2) is 42.7 Å². The van der Waals surface area contributed by atoms with E-state index in [9.17, 15) is 4.79 Å². The zero-order valence-electron chi connectivity index (χ0n) is 16.5. The lowest BCUT2D eigenvalue weighted by atomic mass is 10.0. The summed E-state index contributed by atoms with van der Waals surface area (Å²) in [4.78, 5) is 17.6. The first-order valence-electron chi connectivity index (χ1n) is 10.1. The number of nitrogens with zero attached hydrogens (tertiary/aromatic N) is 6. The van der Waals surface area contributed by atoms with Crippen molar-refractivity contribution in [1.29, 1.82) is 0 Å². The minimum absolute atomic E-state index is 0.207. The summed E-state index contributed by atoms with van der Waals surface area (Å²) in [6, 6.07) is 7.74. The number of pyridine rings is 1. The molecule has 0 spiro atoms. The van der Waals surface area contributed by atoms with Crippen LogP contribution in [0.2, 0.25) is 0 Å². The van der Waals surface area contributed by atoms with Gasteiger partial charge < -0.3 is 5.32 Å². The molecule has 5 heterocycles. The summed E-state index contributed by atoms with van der Waals surface area (Å²) in [7, 11) is 0. The van der Waals surface area contributed by atoms with Crippen LogP contribution in [0.3, 0.4) is 0 Å². The molecular weight excluding hydrogens is 378 g/mol. The van der Waals surface area contributed by atoms with Gasteiger partial charge in [-0.05, 0) is 37.1 Å². The topological polar surface area (TPSA) is 90.0 Å². The van der Waals surface area contributed by atoms with Crippen LogP contribution in [-0.2, 0) is 13.0 Å². The van der Waals surface area contributed by atoms with E-state index < -0.39 is 0 Å². The Balaban J connectivity index is 1.62. The predicted molar refractivity (Wildman–Crippen MR) is 111 cm³/mol. The molecule has 4 aromatic heterocycles. The van der Waals surface area contributed by atoms with Gasteiger partial charge in [0, 0.05) is 43.0 Å². The summed E-state index contributed by atoms with van der Waals surface area (Å²) in [6.45, 7) is 3.31. The largest absolute Gasteiger partial charge is 0.351 e. The molecule has 0 fully saturated rings. The number of carbonyl (C=O) groups is 1. The SMILES string of the molecule is Cc1nn2cc1C1=CCc3nnc(cc31)-c1c(nc3ccccn13)C(=O)NCCC2. The number of fused-ring (bicyclic) bond motifs is 8. The highest BCUT2D eigenvalue weighted by molar-refractivity contribution is 5.99. The minimum Gasteiger partial charge on any atom is -0.351 e. The molecule has 30 heavy (non-hydrogen) atoms. The van der Waals surface area contributed by atoms with Crippen molar-refractivity contribution in [1.82, 2.24) is 34.7 Å². The van der Waals surface area contributed by atoms with Crippen LogP contribution < -0.4 is 5.32 Å². The quantitative estimate of drug-likeness (QED) is 0.492. The number of rotatable bonds is 0. The average Bonchev–Trinajstić information content (AvgIpc) is 3.44. The zero-order valence-corrected chi connectivity index (χ0v) is 16.5. The van der Waals surface area contributed by atoms with E-state index in [-0.39, 0.29) is 5.91 Å². The predicted octanol–water partition coefficient (Wildman–Crippen LogP) is 2.42. The van der Waals surface area contributed by atoms with Crippen LogP contribution in [0.25, 0.3) is 22.6 Å². The Labute approximate surface area is 172 Å². The highest BCUT2D eigenvalue weighted by Crippen LogP contribution is 2.35. The summed E-state index contributed by atoms with van der Waals surface area (Å²) in [5.74, 6) is -0.207. The van der Waals surface area contributed by atoms with Crippen LogP contribution in [0.4, 0.5) is 0 Å². The molecule has 1 N–H and O–H groups in total. The van der Waals surface area contributed by atoms with Gasteiger partial charge in [-0.1, -0.05) is 12.1 Å². The van der Waals surface area contributed by atoms with Crippen LogP contribution in [0.1, 0.15) is 39.4 Å². The Morgan fingerprint density at radius 3 is 3.03 bits per heavy atom. The van der Waals surface area contributed by atoms with Gasteiger partial charge in [0.05, 0.1) is 11.4 Å². The molecule has 0 saturated carbocycles. The smallest absolute Gasteiger partial charge is 0.272 e. The fraction of sp³-hybridized carbons (Fsp3) is 0.227. The Hall–Kier alpha value is -3.81. The lowest BCUT2D eigenvalue weighted by Gasteiger charge is -2.10. The fourth-order valence-corrected chi connectivity index (χ4v) is 4.30. The number of hydrogen-bond donors (Lipinski definition) is 1. The van der Waals surface area contributed by atoms with Crippen LogP contribution >= 0.6 is 0 Å². The van der Waals surface area contributed by atoms with Crippen LogP contribution in [0.5, 0.6) is 0 Å². The molecule has 0 saturated heterocycles. The Morgan fingerprint density at radius 1 is 1.17 bits per heavy atom. The van der Waals surface area contributed by atoms with E-state index in [1.165, 1.54) is 0 Å². The van der Waals surface area contributed by atoms with Crippen molar-refractivity contribution in [3.05, 3.63) is 70.9 Å². The summed E-state index contributed by atoms with van der Waals surface area (Å²) in [5.41, 5.74) is 7.57. The van der Waals surface area contributed by atoms with Gasteiger partial charge in [0.2, 0.25) is 0 Å². The van der Waals surface area contributed by atoms with Gasteiger partial charge >= 0.3 is 0 Å². The standard InChI is InChI=1S/C22H19N7O/c1-13-16-12-28(27-13)9-4-8-23-22(30)20-21(29-10-3-2-5-19(29)24-20)18-11-15-14(16)6-7-17(15)25-26-18/h2-3,5-6,10-12H,4,7-9H2,1H3,(H,23,30). The number of hydrogen-bond acceptors (Lipinski definition) is 5. The third-order valence-corrected chi connectivity index (χ3v) is 5.73. The molecule has 6 rings (SSSR count). The van der Waals surface area contributed by atoms with Crippen molar-refractivity contribution in [2.75, 3.05) is 6.54 Å². The average molecular weight is 397 g/mol. The molecule has 1 aliphatic heterocycles. The number of aromatic nitrogens is 6.